The van der Waals surface area contributed by atoms with Crippen molar-refractivity contribution >= 4 is 0 Å². The van der Waals surface area contributed by atoms with Crippen molar-refractivity contribution in [1.29, 1.82) is 0 Å². The number of nitrogens with one attached hydrogen (secondary N) is 1. The third-order valence-corrected chi connectivity index (χ3v) is 3.30. The van der Waals surface area contributed by atoms with Crippen molar-refractivity contribution in [1.82, 2.24) is 5.32 Å². The Hall–Kier alpha value is -1.10. The quantitative estimate of drug-likeness (QED) is 0.717. The molecule has 100 valence electrons. The number of fused-ring (bicyclic) bond motifs is 1. The van der Waals surface area contributed by atoms with Crippen LogP contribution in [-0.2, 0) is 11.2 Å². The lowest BCUT2D eigenvalue weighted by atomic mass is 10.1. The predicted molar refractivity (Wildman–Crippen MR) is 70.0 cm³/mol. The molecule has 0 aliphatic heterocycles. The van der Waals surface area contributed by atoms with Crippen molar-refractivity contribution in [3.63, 3.8) is 0 Å². The molecule has 0 amide bonds. The number of hydrogen-bond donors (Lipinski definition) is 2. The highest BCUT2D eigenvalue weighted by Gasteiger charge is 2.22. The van der Waals surface area contributed by atoms with Gasteiger partial charge in [-0.05, 0) is 36.1 Å². The first-order valence-corrected chi connectivity index (χ1v) is 6.44. The number of benzene rings is 1. The van der Waals surface area contributed by atoms with Gasteiger partial charge in [-0.1, -0.05) is 6.07 Å². The number of ether oxygens (including phenoxy) is 2. The molecule has 1 aliphatic carbocycles. The van der Waals surface area contributed by atoms with E-state index in [2.05, 4.69) is 17.4 Å². The van der Waals surface area contributed by atoms with E-state index in [4.69, 9.17) is 14.6 Å². The number of rotatable bonds is 7. The Morgan fingerprint density at radius 1 is 1.39 bits per heavy atom. The first kappa shape index (κ1) is 13.3. The van der Waals surface area contributed by atoms with E-state index >= 15 is 0 Å². The van der Waals surface area contributed by atoms with Gasteiger partial charge in [0, 0.05) is 12.6 Å². The van der Waals surface area contributed by atoms with Crippen molar-refractivity contribution in [2.24, 2.45) is 0 Å². The second-order valence-electron chi connectivity index (χ2n) is 4.45. The smallest absolute Gasteiger partial charge is 0.119 e. The monoisotopic (exact) mass is 251 g/mol. The molecule has 0 fully saturated rings. The number of aryl methyl sites for hydroxylation is 1. The Bertz CT molecular complexity index is 381. The van der Waals surface area contributed by atoms with E-state index in [1.165, 1.54) is 11.1 Å². The van der Waals surface area contributed by atoms with E-state index in [1.54, 1.807) is 7.11 Å². The molecule has 1 aliphatic rings. The van der Waals surface area contributed by atoms with E-state index in [1.807, 2.05) is 6.07 Å². The van der Waals surface area contributed by atoms with Crippen molar-refractivity contribution < 1.29 is 14.6 Å². The average Bonchev–Trinajstić information content (AvgIpc) is 2.81. The van der Waals surface area contributed by atoms with Crippen LogP contribution in [-0.4, -0.2) is 38.6 Å². The molecule has 1 unspecified atom stereocenters. The predicted octanol–water partition coefficient (Wildman–Crippen LogP) is 1.28. The van der Waals surface area contributed by atoms with E-state index < -0.39 is 0 Å². The highest BCUT2D eigenvalue weighted by Crippen LogP contribution is 2.33. The number of aliphatic hydroxyl groups excluding tert-OH is 1. The normalized spacial score (nSPS) is 17.8. The largest absolute Gasteiger partial charge is 0.497 e. The molecule has 0 saturated heterocycles. The Kier molecular flexibility index (Phi) is 4.99. The Morgan fingerprint density at radius 3 is 3.06 bits per heavy atom. The van der Waals surface area contributed by atoms with Crippen LogP contribution in [0.15, 0.2) is 18.2 Å². The zero-order chi connectivity index (χ0) is 12.8. The van der Waals surface area contributed by atoms with Gasteiger partial charge >= 0.3 is 0 Å². The second-order valence-corrected chi connectivity index (χ2v) is 4.45. The van der Waals surface area contributed by atoms with Crippen molar-refractivity contribution in [3.8, 4) is 5.75 Å². The SMILES string of the molecule is COc1ccc2c(c1)C(NCCOCCO)CC2. The van der Waals surface area contributed by atoms with Gasteiger partial charge in [-0.2, -0.15) is 0 Å². The molecule has 4 heteroatoms. The number of hydrogen-bond acceptors (Lipinski definition) is 4. The van der Waals surface area contributed by atoms with Gasteiger partial charge in [0.05, 0.1) is 26.9 Å². The summed E-state index contributed by atoms with van der Waals surface area (Å²) < 4.78 is 10.5. The van der Waals surface area contributed by atoms with E-state index in [9.17, 15) is 0 Å². The molecular weight excluding hydrogens is 230 g/mol. The summed E-state index contributed by atoms with van der Waals surface area (Å²) in [4.78, 5) is 0. The van der Waals surface area contributed by atoms with Gasteiger partial charge in [0.15, 0.2) is 0 Å². The summed E-state index contributed by atoms with van der Waals surface area (Å²) in [5, 5.41) is 12.1. The van der Waals surface area contributed by atoms with Gasteiger partial charge in [-0.3, -0.25) is 0 Å². The molecule has 2 rings (SSSR count). The highest BCUT2D eigenvalue weighted by molar-refractivity contribution is 5.40. The molecule has 0 aromatic heterocycles. The molecule has 4 nitrogen and oxygen atoms in total. The molecule has 2 N–H and O–H groups in total. The van der Waals surface area contributed by atoms with Crippen LogP contribution in [0.25, 0.3) is 0 Å². The maximum absolute atomic E-state index is 8.61. The maximum Gasteiger partial charge on any atom is 0.119 e. The molecule has 0 heterocycles. The van der Waals surface area contributed by atoms with Gasteiger partial charge in [0.1, 0.15) is 5.75 Å². The summed E-state index contributed by atoms with van der Waals surface area (Å²) in [5.41, 5.74) is 2.75. The first-order valence-electron chi connectivity index (χ1n) is 6.44. The second kappa shape index (κ2) is 6.73. The van der Waals surface area contributed by atoms with Crippen LogP contribution >= 0.6 is 0 Å². The summed E-state index contributed by atoms with van der Waals surface area (Å²) in [6, 6.07) is 6.69. The van der Waals surface area contributed by atoms with E-state index in [0.717, 1.165) is 25.1 Å². The van der Waals surface area contributed by atoms with Gasteiger partial charge in [0.25, 0.3) is 0 Å². The fourth-order valence-corrected chi connectivity index (χ4v) is 2.39. The van der Waals surface area contributed by atoms with Gasteiger partial charge in [-0.15, -0.1) is 0 Å². The lowest BCUT2D eigenvalue weighted by Crippen LogP contribution is -2.24. The minimum absolute atomic E-state index is 0.0868. The third-order valence-electron chi connectivity index (χ3n) is 3.30. The molecule has 1 aromatic carbocycles. The topological polar surface area (TPSA) is 50.7 Å². The molecule has 0 radical (unpaired) electrons. The summed E-state index contributed by atoms with van der Waals surface area (Å²) in [7, 11) is 1.70. The van der Waals surface area contributed by atoms with Crippen LogP contribution in [0.4, 0.5) is 0 Å². The summed E-state index contributed by atoms with van der Waals surface area (Å²) in [6.45, 7) is 1.94. The Labute approximate surface area is 108 Å². The molecule has 0 bridgehead atoms. The molecule has 1 aromatic rings. The Balaban J connectivity index is 1.86. The third kappa shape index (κ3) is 3.22. The lowest BCUT2D eigenvalue weighted by Gasteiger charge is -2.14. The number of aliphatic hydroxyl groups is 1. The standard InChI is InChI=1S/C14H21NO3/c1-17-12-4-2-11-3-5-14(13(11)10-12)15-6-8-18-9-7-16/h2,4,10,14-16H,3,5-9H2,1H3. The zero-order valence-corrected chi connectivity index (χ0v) is 10.8. The minimum Gasteiger partial charge on any atom is -0.497 e. The van der Waals surface area contributed by atoms with E-state index in [0.29, 0.717) is 19.3 Å². The van der Waals surface area contributed by atoms with E-state index in [-0.39, 0.29) is 6.61 Å². The molecule has 0 spiro atoms. The van der Waals surface area contributed by atoms with Gasteiger partial charge in [0.2, 0.25) is 0 Å². The number of methoxy groups -OCH3 is 1. The lowest BCUT2D eigenvalue weighted by molar-refractivity contribution is 0.0926. The highest BCUT2D eigenvalue weighted by atomic mass is 16.5. The maximum atomic E-state index is 8.61. The Morgan fingerprint density at radius 2 is 2.28 bits per heavy atom. The first-order chi connectivity index (χ1) is 8.85. The summed E-state index contributed by atoms with van der Waals surface area (Å²) in [6.07, 6.45) is 2.25. The van der Waals surface area contributed by atoms with Crippen molar-refractivity contribution in [2.45, 2.75) is 18.9 Å². The van der Waals surface area contributed by atoms with Crippen LogP contribution in [0.3, 0.4) is 0 Å². The molecule has 1 atom stereocenters. The van der Waals surface area contributed by atoms with Gasteiger partial charge in [-0.25, -0.2) is 0 Å². The average molecular weight is 251 g/mol. The summed E-state index contributed by atoms with van der Waals surface area (Å²) >= 11 is 0. The fraction of sp³-hybridized carbons (Fsp3) is 0.571. The van der Waals surface area contributed by atoms with Crippen LogP contribution in [0.1, 0.15) is 23.6 Å². The van der Waals surface area contributed by atoms with Crippen LogP contribution < -0.4 is 10.1 Å². The molecule has 0 saturated carbocycles. The summed E-state index contributed by atoms with van der Waals surface area (Å²) in [5.74, 6) is 0.916. The fourth-order valence-electron chi connectivity index (χ4n) is 2.39. The van der Waals surface area contributed by atoms with Crippen molar-refractivity contribution in [2.75, 3.05) is 33.5 Å². The molecule has 18 heavy (non-hydrogen) atoms. The minimum atomic E-state index is 0.0868. The molecular formula is C14H21NO3. The van der Waals surface area contributed by atoms with Crippen LogP contribution in [0, 0.1) is 0 Å². The zero-order valence-electron chi connectivity index (χ0n) is 10.8. The van der Waals surface area contributed by atoms with Crippen molar-refractivity contribution in [3.05, 3.63) is 29.3 Å². The van der Waals surface area contributed by atoms with Crippen LogP contribution in [0.5, 0.6) is 5.75 Å². The van der Waals surface area contributed by atoms with Crippen LogP contribution in [0.2, 0.25) is 0 Å². The van der Waals surface area contributed by atoms with Gasteiger partial charge < -0.3 is 19.9 Å².